The predicted molar refractivity (Wildman–Crippen MR) is 309 cm³/mol. The van der Waals surface area contributed by atoms with Crippen molar-refractivity contribution in [3.63, 3.8) is 0 Å². The van der Waals surface area contributed by atoms with Gasteiger partial charge >= 0.3 is 32.1 Å². The van der Waals surface area contributed by atoms with Crippen LogP contribution in [0.1, 0.15) is 219 Å². The Morgan fingerprint density at radius 1 is 0.579 bits per heavy atom. The quantitative estimate of drug-likeness (QED) is 0.0198. The van der Waals surface area contributed by atoms with E-state index in [4.69, 9.17) is 32.8 Å². The number of benzene rings is 4. The zero-order chi connectivity index (χ0) is 54.4. The van der Waals surface area contributed by atoms with Gasteiger partial charge in [-0.1, -0.05) is 216 Å². The summed E-state index contributed by atoms with van der Waals surface area (Å²) in [6.45, 7) is 18.6. The number of carbonyl (C=O) groups excluding carboxylic acids is 3. The van der Waals surface area contributed by atoms with Gasteiger partial charge < -0.3 is 32.8 Å². The average molecular weight is 1040 g/mol. The van der Waals surface area contributed by atoms with E-state index in [0.717, 1.165) is 71.7 Å². The Morgan fingerprint density at radius 3 is 1.37 bits per heavy atom. The molecule has 4 aromatic rings. The van der Waals surface area contributed by atoms with E-state index in [1.807, 2.05) is 67.6 Å². The summed E-state index contributed by atoms with van der Waals surface area (Å²) in [5.41, 5.74) is 6.35. The van der Waals surface area contributed by atoms with Crippen molar-refractivity contribution in [3.8, 4) is 0 Å². The monoisotopic (exact) mass is 1040 g/mol. The summed E-state index contributed by atoms with van der Waals surface area (Å²) in [5.74, 6) is -0.606. The van der Waals surface area contributed by atoms with Crippen LogP contribution in [0.3, 0.4) is 0 Å². The van der Waals surface area contributed by atoms with Crippen LogP contribution in [0.4, 0.5) is 0 Å². The molecule has 0 saturated carbocycles. The second kappa shape index (κ2) is 34.7. The summed E-state index contributed by atoms with van der Waals surface area (Å²) in [6, 6.07) is 30.3. The van der Waals surface area contributed by atoms with E-state index in [9.17, 15) is 14.4 Å². The van der Waals surface area contributed by atoms with E-state index in [1.54, 1.807) is 30.3 Å². The summed E-state index contributed by atoms with van der Waals surface area (Å²) in [5, 5.41) is 0. The molecule has 412 valence electrons. The highest BCUT2D eigenvalue weighted by atomic mass is 16.6. The summed E-state index contributed by atoms with van der Waals surface area (Å²) < 4.78 is 39.7. The van der Waals surface area contributed by atoms with Gasteiger partial charge in [0.15, 0.2) is 0 Å². The van der Waals surface area contributed by atoms with Crippen LogP contribution in [0.25, 0.3) is 6.08 Å². The SMILES string of the molecule is C=Cc1ccc(COC(=O)c2ccc(B3OCC(CC)O3)cc2)cc1.CCCCCCCCCCCCCCCCCCOC(=O)C(C)(CC)CC(C)c1ccc(COC(=O)c2ccc(B3OCC(CC)O3)cc2)cc1. The van der Waals surface area contributed by atoms with Gasteiger partial charge in [0.25, 0.3) is 0 Å². The maximum absolute atomic E-state index is 13.2. The lowest BCUT2D eigenvalue weighted by Gasteiger charge is -2.29. The van der Waals surface area contributed by atoms with Gasteiger partial charge in [0.1, 0.15) is 13.2 Å². The Bertz CT molecular complexity index is 2270. The number of ether oxygens (including phenoxy) is 3. The van der Waals surface area contributed by atoms with Crippen molar-refractivity contribution in [2.24, 2.45) is 5.41 Å². The Hall–Kier alpha value is -5.00. The molecule has 2 saturated heterocycles. The lowest BCUT2D eigenvalue weighted by molar-refractivity contribution is -0.156. The first-order chi connectivity index (χ1) is 37.0. The maximum atomic E-state index is 13.2. The van der Waals surface area contributed by atoms with Crippen LogP contribution >= 0.6 is 0 Å². The number of carbonyl (C=O) groups is 3. The molecule has 2 heterocycles. The summed E-state index contributed by atoms with van der Waals surface area (Å²) in [6.07, 6.45) is 26.6. The molecular weight excluding hydrogens is 950 g/mol. The fourth-order valence-corrected chi connectivity index (χ4v) is 9.54. The Kier molecular flexibility index (Phi) is 28.2. The standard InChI is InChI=1S/C44H69BO6.C20H21BO4/c1-6-9-10-11-12-13-14-15-16-17-18-19-20-21-22-23-32-48-43(47)44(5,8-3)33-36(4)38-26-24-37(25-27-38)34-49-42(46)39-28-30-40(31-29-39)45-50-35-41(7-2)51-45;1-3-15-5-7-16(8-6-15)13-23-20(22)17-9-11-18(12-10-17)21-24-14-19(4-2)25-21/h24-31,36,41H,6-23,32-35H2,1-5H3;3,5-12,19H,1,4,13-14H2,2H3. The highest BCUT2D eigenvalue weighted by molar-refractivity contribution is 6.62. The molecule has 0 spiro atoms. The Labute approximate surface area is 458 Å². The van der Waals surface area contributed by atoms with Crippen LogP contribution in [-0.4, -0.2) is 64.2 Å². The first-order valence-electron chi connectivity index (χ1n) is 29.0. The molecule has 4 aromatic carbocycles. The van der Waals surface area contributed by atoms with Crippen LogP contribution in [0.2, 0.25) is 0 Å². The van der Waals surface area contributed by atoms with Crippen LogP contribution < -0.4 is 10.9 Å². The number of hydrogen-bond donors (Lipinski definition) is 0. The zero-order valence-corrected chi connectivity index (χ0v) is 47.2. The van der Waals surface area contributed by atoms with Crippen LogP contribution in [0.15, 0.2) is 104 Å². The van der Waals surface area contributed by atoms with Crippen LogP contribution in [-0.2, 0) is 50.8 Å². The van der Waals surface area contributed by atoms with Gasteiger partial charge in [-0.05, 0) is 102 Å². The smallest absolute Gasteiger partial charge is 0.465 e. The molecule has 4 atom stereocenters. The van der Waals surface area contributed by atoms with E-state index in [2.05, 4.69) is 53.3 Å². The first kappa shape index (κ1) is 61.8. The van der Waals surface area contributed by atoms with E-state index in [-0.39, 0.29) is 63.5 Å². The second-order valence-electron chi connectivity index (χ2n) is 21.2. The summed E-state index contributed by atoms with van der Waals surface area (Å²) >= 11 is 0. The highest BCUT2D eigenvalue weighted by Crippen LogP contribution is 2.36. The third-order valence-corrected chi connectivity index (χ3v) is 15.0. The van der Waals surface area contributed by atoms with E-state index >= 15 is 0 Å². The van der Waals surface area contributed by atoms with Crippen molar-refractivity contribution in [1.29, 1.82) is 0 Å². The van der Waals surface area contributed by atoms with Gasteiger partial charge in [0.05, 0.1) is 48.6 Å². The lowest BCUT2D eigenvalue weighted by Crippen LogP contribution is -2.32. The van der Waals surface area contributed by atoms with Gasteiger partial charge in [0, 0.05) is 0 Å². The number of esters is 3. The molecule has 0 radical (unpaired) electrons. The number of hydrogen-bond acceptors (Lipinski definition) is 10. The largest absolute Gasteiger partial charge is 0.494 e. The molecule has 0 bridgehead atoms. The molecule has 0 aliphatic carbocycles. The van der Waals surface area contributed by atoms with Gasteiger partial charge in [-0.3, -0.25) is 4.79 Å². The summed E-state index contributed by atoms with van der Waals surface area (Å²) in [4.78, 5) is 38.0. The average Bonchev–Trinajstić information content (AvgIpc) is 4.16. The van der Waals surface area contributed by atoms with Crippen molar-refractivity contribution in [3.05, 3.63) is 137 Å². The minimum atomic E-state index is -0.522. The van der Waals surface area contributed by atoms with Crippen molar-refractivity contribution >= 4 is 49.1 Å². The van der Waals surface area contributed by atoms with Gasteiger partial charge in [-0.25, -0.2) is 9.59 Å². The van der Waals surface area contributed by atoms with Crippen LogP contribution in [0, 0.1) is 5.41 Å². The molecule has 2 aliphatic heterocycles. The normalized spacial score (nSPS) is 16.3. The molecule has 4 unspecified atom stereocenters. The minimum Gasteiger partial charge on any atom is -0.465 e. The van der Waals surface area contributed by atoms with Crippen molar-refractivity contribution in [1.82, 2.24) is 0 Å². The summed E-state index contributed by atoms with van der Waals surface area (Å²) in [7, 11) is -0.728. The van der Waals surface area contributed by atoms with Crippen molar-refractivity contribution in [2.75, 3.05) is 19.8 Å². The molecule has 0 aromatic heterocycles. The van der Waals surface area contributed by atoms with Gasteiger partial charge in [-0.15, -0.1) is 0 Å². The molecule has 2 aliphatic rings. The zero-order valence-electron chi connectivity index (χ0n) is 47.2. The second-order valence-corrected chi connectivity index (χ2v) is 21.2. The van der Waals surface area contributed by atoms with Crippen LogP contribution in [0.5, 0.6) is 0 Å². The third-order valence-electron chi connectivity index (χ3n) is 15.0. The predicted octanol–water partition coefficient (Wildman–Crippen LogP) is 14.5. The van der Waals surface area contributed by atoms with Crippen molar-refractivity contribution < 1.29 is 47.2 Å². The van der Waals surface area contributed by atoms with Gasteiger partial charge in [-0.2, -0.15) is 0 Å². The molecule has 6 rings (SSSR count). The topological polar surface area (TPSA) is 116 Å². The maximum Gasteiger partial charge on any atom is 0.494 e. The number of rotatable bonds is 33. The van der Waals surface area contributed by atoms with Crippen molar-refractivity contribution in [2.45, 2.75) is 201 Å². The molecule has 10 nitrogen and oxygen atoms in total. The third kappa shape index (κ3) is 21.4. The van der Waals surface area contributed by atoms with E-state index in [1.165, 1.54) is 89.9 Å². The fourth-order valence-electron chi connectivity index (χ4n) is 9.54. The molecular formula is C64H90B2O10. The fraction of sp³-hybridized carbons (Fsp3) is 0.547. The molecule has 0 N–H and O–H groups in total. The Balaban J connectivity index is 0.000000353. The Morgan fingerprint density at radius 2 is 0.987 bits per heavy atom. The molecule has 0 amide bonds. The molecule has 76 heavy (non-hydrogen) atoms. The molecule has 12 heteroatoms. The molecule has 2 fully saturated rings. The van der Waals surface area contributed by atoms with E-state index in [0.29, 0.717) is 30.9 Å². The van der Waals surface area contributed by atoms with Gasteiger partial charge in [0.2, 0.25) is 0 Å². The lowest BCUT2D eigenvalue weighted by atomic mass is 9.77. The number of unbranched alkanes of at least 4 members (excludes halogenated alkanes) is 15. The first-order valence-corrected chi connectivity index (χ1v) is 29.0. The minimum absolute atomic E-state index is 0.0807. The highest BCUT2D eigenvalue weighted by Gasteiger charge is 2.36. The van der Waals surface area contributed by atoms with E-state index < -0.39 is 5.41 Å².